The molecule has 2 fully saturated rings. The summed E-state index contributed by atoms with van der Waals surface area (Å²) in [6, 6.07) is 16.9. The third kappa shape index (κ3) is 5.07. The van der Waals surface area contributed by atoms with Crippen LogP contribution in [0.3, 0.4) is 0 Å². The van der Waals surface area contributed by atoms with Crippen molar-refractivity contribution < 1.29 is 14.4 Å². The molecule has 2 aromatic carbocycles. The number of hydrogen-bond donors (Lipinski definition) is 2. The van der Waals surface area contributed by atoms with Gasteiger partial charge in [0.05, 0.1) is 11.7 Å². The smallest absolute Gasteiger partial charge is 0.259 e. The van der Waals surface area contributed by atoms with E-state index in [-0.39, 0.29) is 36.2 Å². The van der Waals surface area contributed by atoms with Crippen molar-refractivity contribution in [3.8, 4) is 0 Å². The molecule has 36 heavy (non-hydrogen) atoms. The van der Waals surface area contributed by atoms with E-state index in [9.17, 15) is 14.4 Å². The van der Waals surface area contributed by atoms with Crippen molar-refractivity contribution in [2.75, 3.05) is 19.6 Å². The SMILES string of the molecule is N[C@H](C(=O)N1CCCC1)[C@H]1CC[C@H](NC(=O)CN2C(=O)c3ccccc3C2=Cc2ccccc2)CC1. The highest BCUT2D eigenvalue weighted by Crippen LogP contribution is 2.34. The Labute approximate surface area is 212 Å². The van der Waals surface area contributed by atoms with Crippen LogP contribution in [0.4, 0.5) is 0 Å². The van der Waals surface area contributed by atoms with E-state index in [1.807, 2.05) is 65.6 Å². The van der Waals surface area contributed by atoms with Crippen LogP contribution < -0.4 is 11.1 Å². The first kappa shape index (κ1) is 24.3. The summed E-state index contributed by atoms with van der Waals surface area (Å²) in [5.41, 5.74) is 9.51. The lowest BCUT2D eigenvalue weighted by atomic mass is 9.81. The molecule has 2 aliphatic heterocycles. The second-order valence-electron chi connectivity index (χ2n) is 10.1. The Balaban J connectivity index is 1.20. The maximum Gasteiger partial charge on any atom is 0.259 e. The minimum Gasteiger partial charge on any atom is -0.352 e. The summed E-state index contributed by atoms with van der Waals surface area (Å²) < 4.78 is 0. The van der Waals surface area contributed by atoms with Crippen molar-refractivity contribution in [3.05, 3.63) is 71.3 Å². The van der Waals surface area contributed by atoms with Gasteiger partial charge in [-0.3, -0.25) is 19.3 Å². The molecule has 188 valence electrons. The molecule has 1 atom stereocenters. The second kappa shape index (κ2) is 10.7. The van der Waals surface area contributed by atoms with Gasteiger partial charge in [0.25, 0.3) is 5.91 Å². The number of hydrogen-bond acceptors (Lipinski definition) is 4. The summed E-state index contributed by atoms with van der Waals surface area (Å²) in [5, 5.41) is 3.13. The molecular formula is C29H34N4O3. The maximum atomic E-state index is 13.2. The van der Waals surface area contributed by atoms with Gasteiger partial charge in [0.15, 0.2) is 0 Å². The van der Waals surface area contributed by atoms with Crippen LogP contribution in [0.15, 0.2) is 54.6 Å². The number of rotatable bonds is 6. The Hall–Kier alpha value is -3.45. The fourth-order valence-corrected chi connectivity index (χ4v) is 5.70. The van der Waals surface area contributed by atoms with Crippen molar-refractivity contribution >= 4 is 29.5 Å². The number of carbonyl (C=O) groups is 3. The Morgan fingerprint density at radius 2 is 1.58 bits per heavy atom. The lowest BCUT2D eigenvalue weighted by molar-refractivity contribution is -0.133. The molecule has 3 aliphatic rings. The monoisotopic (exact) mass is 486 g/mol. The van der Waals surface area contributed by atoms with Crippen LogP contribution in [0, 0.1) is 5.92 Å². The van der Waals surface area contributed by atoms with Crippen molar-refractivity contribution in [2.24, 2.45) is 11.7 Å². The van der Waals surface area contributed by atoms with Crippen LogP contribution in [0.25, 0.3) is 11.8 Å². The number of nitrogens with two attached hydrogens (primary N) is 1. The molecule has 2 aromatic rings. The largest absolute Gasteiger partial charge is 0.352 e. The molecule has 3 amide bonds. The summed E-state index contributed by atoms with van der Waals surface area (Å²) in [4.78, 5) is 42.4. The van der Waals surface area contributed by atoms with Crippen LogP contribution in [0.5, 0.6) is 0 Å². The first-order valence-corrected chi connectivity index (χ1v) is 13.0. The Kier molecular flexibility index (Phi) is 7.18. The first-order valence-electron chi connectivity index (χ1n) is 13.0. The minimum absolute atomic E-state index is 0.0287. The van der Waals surface area contributed by atoms with E-state index in [0.717, 1.165) is 68.4 Å². The molecule has 0 radical (unpaired) electrons. The average Bonchev–Trinajstić information content (AvgIpc) is 3.53. The van der Waals surface area contributed by atoms with E-state index in [1.54, 1.807) is 4.90 Å². The van der Waals surface area contributed by atoms with E-state index >= 15 is 0 Å². The third-order valence-corrected chi connectivity index (χ3v) is 7.72. The predicted molar refractivity (Wildman–Crippen MR) is 139 cm³/mol. The van der Waals surface area contributed by atoms with Crippen molar-refractivity contribution in [1.29, 1.82) is 0 Å². The van der Waals surface area contributed by atoms with Gasteiger partial charge in [-0.15, -0.1) is 0 Å². The van der Waals surface area contributed by atoms with E-state index in [2.05, 4.69) is 5.32 Å². The highest BCUT2D eigenvalue weighted by Gasteiger charge is 2.35. The lowest BCUT2D eigenvalue weighted by Crippen LogP contribution is -2.49. The molecule has 7 heteroatoms. The Morgan fingerprint density at radius 3 is 2.28 bits per heavy atom. The van der Waals surface area contributed by atoms with Gasteiger partial charge in [-0.2, -0.15) is 0 Å². The van der Waals surface area contributed by atoms with Crippen LogP contribution in [-0.2, 0) is 9.59 Å². The van der Waals surface area contributed by atoms with Crippen LogP contribution in [-0.4, -0.2) is 59.2 Å². The molecule has 3 N–H and O–H groups in total. The second-order valence-corrected chi connectivity index (χ2v) is 10.1. The lowest BCUT2D eigenvalue weighted by Gasteiger charge is -2.33. The maximum absolute atomic E-state index is 13.2. The van der Waals surface area contributed by atoms with Gasteiger partial charge in [0.1, 0.15) is 6.54 Å². The zero-order valence-electron chi connectivity index (χ0n) is 20.6. The number of nitrogens with one attached hydrogen (secondary N) is 1. The van der Waals surface area contributed by atoms with Crippen molar-refractivity contribution in [3.63, 3.8) is 0 Å². The van der Waals surface area contributed by atoms with E-state index in [0.29, 0.717) is 5.56 Å². The number of nitrogens with zero attached hydrogens (tertiary/aromatic N) is 2. The van der Waals surface area contributed by atoms with Crippen LogP contribution in [0.2, 0.25) is 0 Å². The molecule has 1 saturated heterocycles. The molecule has 1 saturated carbocycles. The summed E-state index contributed by atoms with van der Waals surface area (Å²) in [7, 11) is 0. The van der Waals surface area contributed by atoms with Gasteiger partial charge >= 0.3 is 0 Å². The number of fused-ring (bicyclic) bond motifs is 1. The summed E-state index contributed by atoms with van der Waals surface area (Å²) in [6.45, 7) is 1.61. The Morgan fingerprint density at radius 1 is 0.944 bits per heavy atom. The van der Waals surface area contributed by atoms with Gasteiger partial charge < -0.3 is 16.0 Å². The summed E-state index contributed by atoms with van der Waals surface area (Å²) >= 11 is 0. The molecule has 0 spiro atoms. The Bertz CT molecular complexity index is 1150. The summed E-state index contributed by atoms with van der Waals surface area (Å²) in [6.07, 6.45) is 7.30. The van der Waals surface area contributed by atoms with Crippen molar-refractivity contribution in [1.82, 2.24) is 15.1 Å². The van der Waals surface area contributed by atoms with Crippen molar-refractivity contribution in [2.45, 2.75) is 50.6 Å². The molecule has 2 heterocycles. The molecule has 1 aliphatic carbocycles. The quantitative estimate of drug-likeness (QED) is 0.655. The van der Waals surface area contributed by atoms with Crippen LogP contribution in [0.1, 0.15) is 60.0 Å². The number of amides is 3. The van der Waals surface area contributed by atoms with Gasteiger partial charge in [0, 0.05) is 30.3 Å². The zero-order valence-corrected chi connectivity index (χ0v) is 20.6. The van der Waals surface area contributed by atoms with Gasteiger partial charge in [-0.05, 0) is 62.1 Å². The van der Waals surface area contributed by atoms with Gasteiger partial charge in [-0.1, -0.05) is 48.5 Å². The van der Waals surface area contributed by atoms with E-state index in [1.165, 1.54) is 0 Å². The molecular weight excluding hydrogens is 452 g/mol. The molecule has 0 bridgehead atoms. The topological polar surface area (TPSA) is 95.7 Å². The predicted octanol–water partition coefficient (Wildman–Crippen LogP) is 3.27. The summed E-state index contributed by atoms with van der Waals surface area (Å²) in [5.74, 6) is -0.0970. The van der Waals surface area contributed by atoms with Gasteiger partial charge in [-0.25, -0.2) is 0 Å². The fourth-order valence-electron chi connectivity index (χ4n) is 5.70. The highest BCUT2D eigenvalue weighted by atomic mass is 16.2. The molecule has 7 nitrogen and oxygen atoms in total. The normalized spacial score (nSPS) is 23.6. The third-order valence-electron chi connectivity index (χ3n) is 7.72. The number of benzene rings is 2. The van der Waals surface area contributed by atoms with E-state index in [4.69, 9.17) is 5.73 Å². The van der Waals surface area contributed by atoms with E-state index < -0.39 is 6.04 Å². The first-order chi connectivity index (χ1) is 17.5. The number of likely N-dealkylation sites (tertiary alicyclic amines) is 1. The molecule has 0 aromatic heterocycles. The van der Waals surface area contributed by atoms with Gasteiger partial charge in [0.2, 0.25) is 11.8 Å². The highest BCUT2D eigenvalue weighted by molar-refractivity contribution is 6.13. The number of carbonyl (C=O) groups excluding carboxylic acids is 3. The standard InChI is InChI=1S/C29H34N4O3/c30-27(29(36)32-16-6-7-17-32)21-12-14-22(15-13-21)31-26(34)19-33-25(18-20-8-2-1-3-9-20)23-10-4-5-11-24(23)28(33)35/h1-5,8-11,18,21-22,27H,6-7,12-17,19,30H2,(H,31,34)/t21-,22-,27-/m0/s1. The minimum atomic E-state index is -0.453. The van der Waals surface area contributed by atoms with Crippen LogP contribution >= 0.6 is 0 Å². The average molecular weight is 487 g/mol. The fraction of sp³-hybridized carbons (Fsp3) is 0.414. The molecule has 5 rings (SSSR count). The zero-order chi connectivity index (χ0) is 25.1. The molecule has 0 unspecified atom stereocenters.